The van der Waals surface area contributed by atoms with Gasteiger partial charge in [-0.2, -0.15) is 0 Å². The molecule has 0 saturated carbocycles. The predicted molar refractivity (Wildman–Crippen MR) is 171 cm³/mol. The van der Waals surface area contributed by atoms with E-state index in [0.717, 1.165) is 16.8 Å². The summed E-state index contributed by atoms with van der Waals surface area (Å²) in [5, 5.41) is 9.50. The van der Waals surface area contributed by atoms with Crippen LogP contribution in [-0.2, 0) is 19.1 Å². The SMILES string of the molecule is C=CCN(C(=O)[C@H]1[C@@H]2OC3(CC2Br)C(C(=O)N(CC=C)c2c(C)cccc2C)N(CCCCO)C(=O)[C@H]13)c1ccccc1. The second-order valence-electron chi connectivity index (χ2n) is 11.7. The van der Waals surface area contributed by atoms with Crippen LogP contribution in [0.4, 0.5) is 11.4 Å². The fourth-order valence-electron chi connectivity index (χ4n) is 7.36. The molecule has 6 atom stereocenters. The van der Waals surface area contributed by atoms with Crippen molar-refractivity contribution in [3.05, 3.63) is 85.0 Å². The largest absolute Gasteiger partial charge is 0.396 e. The van der Waals surface area contributed by atoms with Gasteiger partial charge >= 0.3 is 0 Å². The summed E-state index contributed by atoms with van der Waals surface area (Å²) in [6.45, 7) is 12.5. The zero-order valence-corrected chi connectivity index (χ0v) is 26.4. The summed E-state index contributed by atoms with van der Waals surface area (Å²) < 4.78 is 6.75. The first-order valence-corrected chi connectivity index (χ1v) is 15.8. The molecular formula is C34H40BrN3O5. The number of fused-ring (bicyclic) bond motifs is 1. The maximum Gasteiger partial charge on any atom is 0.253 e. The van der Waals surface area contributed by atoms with Gasteiger partial charge < -0.3 is 24.5 Å². The molecule has 3 saturated heterocycles. The highest BCUT2D eigenvalue weighted by Crippen LogP contribution is 2.60. The molecule has 5 rings (SSSR count). The van der Waals surface area contributed by atoms with Gasteiger partial charge in [-0.25, -0.2) is 0 Å². The Balaban J connectivity index is 1.60. The first kappa shape index (κ1) is 31.2. The van der Waals surface area contributed by atoms with E-state index in [1.165, 1.54) is 0 Å². The number of aryl methyl sites for hydroxylation is 2. The molecule has 3 aliphatic rings. The van der Waals surface area contributed by atoms with Crippen LogP contribution in [0.15, 0.2) is 73.8 Å². The third-order valence-electron chi connectivity index (χ3n) is 9.05. The van der Waals surface area contributed by atoms with Gasteiger partial charge in [-0.3, -0.25) is 14.4 Å². The molecule has 1 spiro atoms. The number of alkyl halides is 1. The van der Waals surface area contributed by atoms with Crippen molar-refractivity contribution in [2.45, 2.75) is 55.7 Å². The van der Waals surface area contributed by atoms with Crippen LogP contribution in [-0.4, -0.2) is 76.5 Å². The fourth-order valence-corrected chi connectivity index (χ4v) is 8.31. The molecule has 43 heavy (non-hydrogen) atoms. The lowest BCUT2D eigenvalue weighted by Gasteiger charge is -2.38. The zero-order chi connectivity index (χ0) is 30.9. The van der Waals surface area contributed by atoms with Gasteiger partial charge in [0, 0.05) is 42.4 Å². The molecular weight excluding hydrogens is 610 g/mol. The second-order valence-corrected chi connectivity index (χ2v) is 12.9. The molecule has 8 nitrogen and oxygen atoms in total. The van der Waals surface area contributed by atoms with Crippen LogP contribution in [0.1, 0.15) is 30.4 Å². The van der Waals surface area contributed by atoms with Crippen LogP contribution in [0.5, 0.6) is 0 Å². The third kappa shape index (κ3) is 5.25. The van der Waals surface area contributed by atoms with Crippen LogP contribution >= 0.6 is 15.9 Å². The minimum atomic E-state index is -1.18. The average molecular weight is 651 g/mol. The van der Waals surface area contributed by atoms with E-state index >= 15 is 0 Å². The van der Waals surface area contributed by atoms with Crippen molar-refractivity contribution in [2.75, 3.05) is 36.0 Å². The summed E-state index contributed by atoms with van der Waals surface area (Å²) in [5.41, 5.74) is 2.18. The zero-order valence-electron chi connectivity index (χ0n) is 24.8. The van der Waals surface area contributed by atoms with Gasteiger partial charge in [0.05, 0.1) is 17.9 Å². The monoisotopic (exact) mass is 649 g/mol. The number of hydrogen-bond acceptors (Lipinski definition) is 5. The van der Waals surface area contributed by atoms with Gasteiger partial charge in [0.2, 0.25) is 11.8 Å². The van der Waals surface area contributed by atoms with E-state index in [1.807, 2.05) is 62.4 Å². The summed E-state index contributed by atoms with van der Waals surface area (Å²) in [5.74, 6) is -2.32. The highest BCUT2D eigenvalue weighted by Gasteiger charge is 2.77. The van der Waals surface area contributed by atoms with Crippen molar-refractivity contribution >= 4 is 45.0 Å². The van der Waals surface area contributed by atoms with E-state index in [1.54, 1.807) is 26.9 Å². The summed E-state index contributed by atoms with van der Waals surface area (Å²) >= 11 is 3.78. The first-order valence-electron chi connectivity index (χ1n) is 14.9. The number of nitrogens with zero attached hydrogens (tertiary/aromatic N) is 3. The van der Waals surface area contributed by atoms with Crippen LogP contribution in [0.25, 0.3) is 0 Å². The predicted octanol–water partition coefficient (Wildman–Crippen LogP) is 4.56. The maximum atomic E-state index is 14.8. The van der Waals surface area contributed by atoms with E-state index in [4.69, 9.17) is 4.74 Å². The number of anilines is 2. The number of carbonyl (C=O) groups is 3. The third-order valence-corrected chi connectivity index (χ3v) is 9.89. The number of amides is 3. The Bertz CT molecular complexity index is 1380. The van der Waals surface area contributed by atoms with E-state index in [2.05, 4.69) is 29.1 Å². The number of unbranched alkanes of at least 4 members (excludes halogenated alkanes) is 1. The summed E-state index contributed by atoms with van der Waals surface area (Å²) in [7, 11) is 0. The van der Waals surface area contributed by atoms with Crippen molar-refractivity contribution in [3.8, 4) is 0 Å². The van der Waals surface area contributed by atoms with Crippen LogP contribution in [0, 0.1) is 25.7 Å². The average Bonchev–Trinajstić information content (AvgIpc) is 3.58. The van der Waals surface area contributed by atoms with E-state index < -0.39 is 29.6 Å². The van der Waals surface area contributed by atoms with Gasteiger partial charge in [-0.05, 0) is 56.4 Å². The molecule has 3 amide bonds. The lowest BCUT2D eigenvalue weighted by atomic mass is 9.70. The van der Waals surface area contributed by atoms with Crippen molar-refractivity contribution in [3.63, 3.8) is 0 Å². The van der Waals surface area contributed by atoms with Gasteiger partial charge in [0.15, 0.2) is 0 Å². The van der Waals surface area contributed by atoms with E-state index in [0.29, 0.717) is 24.9 Å². The number of carbonyl (C=O) groups excluding carboxylic acids is 3. The van der Waals surface area contributed by atoms with Crippen molar-refractivity contribution in [1.82, 2.24) is 4.90 Å². The number of para-hydroxylation sites is 2. The molecule has 228 valence electrons. The van der Waals surface area contributed by atoms with E-state index in [9.17, 15) is 19.5 Å². The van der Waals surface area contributed by atoms with Crippen molar-refractivity contribution < 1.29 is 24.2 Å². The van der Waals surface area contributed by atoms with Gasteiger partial charge in [-0.15, -0.1) is 13.2 Å². The van der Waals surface area contributed by atoms with E-state index in [-0.39, 0.29) is 48.8 Å². The highest BCUT2D eigenvalue weighted by atomic mass is 79.9. The van der Waals surface area contributed by atoms with Crippen LogP contribution in [0.3, 0.4) is 0 Å². The number of aliphatic hydroxyl groups is 1. The second kappa shape index (κ2) is 12.8. The van der Waals surface area contributed by atoms with Gasteiger partial charge in [-0.1, -0.05) is 64.5 Å². The Morgan fingerprint density at radius 2 is 1.67 bits per heavy atom. The first-order chi connectivity index (χ1) is 20.7. The Labute approximate surface area is 262 Å². The molecule has 9 heteroatoms. The Morgan fingerprint density at radius 3 is 2.30 bits per heavy atom. The summed E-state index contributed by atoms with van der Waals surface area (Å²) in [6, 6.07) is 14.3. The maximum absolute atomic E-state index is 14.8. The van der Waals surface area contributed by atoms with Crippen molar-refractivity contribution in [2.24, 2.45) is 11.8 Å². The highest BCUT2D eigenvalue weighted by molar-refractivity contribution is 9.09. The number of aliphatic hydroxyl groups excluding tert-OH is 1. The molecule has 0 radical (unpaired) electrons. The molecule has 1 N–H and O–H groups in total. The van der Waals surface area contributed by atoms with Crippen LogP contribution < -0.4 is 9.80 Å². The van der Waals surface area contributed by atoms with Crippen LogP contribution in [0.2, 0.25) is 0 Å². The van der Waals surface area contributed by atoms with Gasteiger partial charge in [0.1, 0.15) is 11.6 Å². The number of ether oxygens (including phenoxy) is 1. The number of benzene rings is 2. The summed E-state index contributed by atoms with van der Waals surface area (Å²) in [6.07, 6.45) is 4.22. The molecule has 2 aromatic carbocycles. The number of likely N-dealkylation sites (tertiary alicyclic amines) is 1. The standard InChI is InChI=1S/C34H40BrN3O5/c1-5-17-36(24-15-8-7-9-16-24)31(40)26-27-32(41)38(19-10-11-20-39)30(34(27)21-25(35)29(26)43-34)33(42)37(18-6-2)28-22(3)13-12-14-23(28)4/h5-9,12-16,25-27,29-30,39H,1-2,10-11,17-21H2,3-4H3/t25?,26-,27+,29-,30?,34?/m1/s1. The molecule has 2 aromatic rings. The van der Waals surface area contributed by atoms with Gasteiger partial charge in [0.25, 0.3) is 5.91 Å². The minimum Gasteiger partial charge on any atom is -0.396 e. The number of rotatable bonds is 12. The topological polar surface area (TPSA) is 90.4 Å². The Hall–Kier alpha value is -3.27. The fraction of sp³-hybridized carbons (Fsp3) is 0.441. The molecule has 3 aliphatic heterocycles. The molecule has 3 fully saturated rings. The molecule has 3 unspecified atom stereocenters. The number of halogens is 1. The molecule has 3 heterocycles. The summed E-state index contributed by atoms with van der Waals surface area (Å²) in [4.78, 5) is 48.4. The molecule has 2 bridgehead atoms. The Morgan fingerprint density at radius 1 is 1.02 bits per heavy atom. The Kier molecular flexibility index (Phi) is 9.25. The lowest BCUT2D eigenvalue weighted by molar-refractivity contribution is -0.140. The minimum absolute atomic E-state index is 0.0169. The lowest BCUT2D eigenvalue weighted by Crippen LogP contribution is -2.57. The quantitative estimate of drug-likeness (QED) is 0.207. The molecule has 0 aliphatic carbocycles. The molecule has 0 aromatic heterocycles. The van der Waals surface area contributed by atoms with Crippen molar-refractivity contribution in [1.29, 1.82) is 0 Å². The number of hydrogen-bond donors (Lipinski definition) is 1. The smallest absolute Gasteiger partial charge is 0.253 e. The normalized spacial score (nSPS) is 27.2.